The highest BCUT2D eigenvalue weighted by Gasteiger charge is 2.44. The number of alkyl halides is 1. The topological polar surface area (TPSA) is 58.0 Å². The molecule has 1 unspecified atom stereocenters. The first-order chi connectivity index (χ1) is 17.5. The van der Waals surface area contributed by atoms with Gasteiger partial charge in [0.05, 0.1) is 28.8 Å². The van der Waals surface area contributed by atoms with Crippen molar-refractivity contribution in [3.8, 4) is 0 Å². The van der Waals surface area contributed by atoms with Crippen molar-refractivity contribution < 1.29 is 9.53 Å². The molecule has 5 rings (SSSR count). The summed E-state index contributed by atoms with van der Waals surface area (Å²) in [6.45, 7) is 6.42. The quantitative estimate of drug-likeness (QED) is 0.356. The zero-order valence-electron chi connectivity index (χ0n) is 21.5. The zero-order valence-corrected chi connectivity index (χ0v) is 23.6. The summed E-state index contributed by atoms with van der Waals surface area (Å²) >= 11 is 2.25. The first-order valence-corrected chi connectivity index (χ1v) is 15.0. The molecule has 2 saturated heterocycles. The molecule has 3 fully saturated rings. The van der Waals surface area contributed by atoms with Crippen LogP contribution in [0.1, 0.15) is 44.1 Å². The zero-order chi connectivity index (χ0) is 25.1. The molecule has 0 bridgehead atoms. The van der Waals surface area contributed by atoms with Crippen LogP contribution in [0.4, 0.5) is 0 Å². The van der Waals surface area contributed by atoms with Gasteiger partial charge in [-0.1, -0.05) is 60.1 Å². The molecule has 1 aromatic heterocycles. The Hall–Kier alpha value is -1.49. The Labute approximate surface area is 227 Å². The monoisotopic (exact) mass is 606 g/mol. The molecular formula is C28H39IN4O3. The van der Waals surface area contributed by atoms with E-state index in [1.165, 1.54) is 6.42 Å². The molecule has 2 aromatic rings. The number of piperazine rings is 1. The Bertz CT molecular complexity index is 1120. The molecule has 36 heavy (non-hydrogen) atoms. The Morgan fingerprint density at radius 1 is 1.14 bits per heavy atom. The minimum absolute atomic E-state index is 0.0147. The molecule has 8 heteroatoms. The van der Waals surface area contributed by atoms with Gasteiger partial charge in [0.15, 0.2) is 0 Å². The summed E-state index contributed by atoms with van der Waals surface area (Å²) in [5.74, 6) is 0.293. The van der Waals surface area contributed by atoms with Gasteiger partial charge >= 0.3 is 0 Å². The summed E-state index contributed by atoms with van der Waals surface area (Å²) in [6.07, 6.45) is 6.31. The smallest absolute Gasteiger partial charge is 0.256 e. The first kappa shape index (κ1) is 26.1. The van der Waals surface area contributed by atoms with Gasteiger partial charge in [-0.15, -0.1) is 0 Å². The lowest BCUT2D eigenvalue weighted by Gasteiger charge is -2.47. The van der Waals surface area contributed by atoms with Crippen molar-refractivity contribution in [3.63, 3.8) is 0 Å². The fourth-order valence-corrected chi connectivity index (χ4v) is 7.03. The number of amides is 1. The van der Waals surface area contributed by atoms with E-state index in [4.69, 9.17) is 4.74 Å². The van der Waals surface area contributed by atoms with E-state index in [1.54, 1.807) is 0 Å². The summed E-state index contributed by atoms with van der Waals surface area (Å²) in [7, 11) is 2.17. The van der Waals surface area contributed by atoms with Gasteiger partial charge in [-0.3, -0.25) is 19.1 Å². The lowest BCUT2D eigenvalue weighted by Crippen LogP contribution is -2.62. The standard InChI is InChI=1S/C28H39IN4O3/c1-30-12-14-32(15-13-30)28(11-16-36-20-28)19-31(26(34)22-7-3-2-4-8-22)18-24-17-23-9-5-6-10-25(23)33(21-29)27(24)35/h5-6,9-10,17,22H,2-4,7-8,11-16,18-21H2,1H3. The number of ether oxygens (including phenoxy) is 1. The highest BCUT2D eigenvalue weighted by Crippen LogP contribution is 2.32. The number of hydrogen-bond acceptors (Lipinski definition) is 5. The molecule has 3 aliphatic rings. The molecule has 1 aliphatic carbocycles. The molecule has 0 radical (unpaired) electrons. The van der Waals surface area contributed by atoms with Crippen molar-refractivity contribution in [1.82, 2.24) is 19.3 Å². The third-order valence-corrected chi connectivity index (χ3v) is 9.25. The lowest BCUT2D eigenvalue weighted by molar-refractivity contribution is -0.140. The fraction of sp³-hybridized carbons (Fsp3) is 0.643. The molecule has 196 valence electrons. The second kappa shape index (κ2) is 11.5. The highest BCUT2D eigenvalue weighted by molar-refractivity contribution is 14.1. The lowest BCUT2D eigenvalue weighted by atomic mass is 9.87. The van der Waals surface area contributed by atoms with Gasteiger partial charge in [0.2, 0.25) is 5.91 Å². The number of pyridine rings is 1. The van der Waals surface area contributed by atoms with Gasteiger partial charge in [0, 0.05) is 50.8 Å². The van der Waals surface area contributed by atoms with Gasteiger partial charge in [-0.05, 0) is 43.8 Å². The number of likely N-dealkylation sites (N-methyl/N-ethyl adjacent to an activating group) is 1. The molecule has 1 amide bonds. The Morgan fingerprint density at radius 3 is 2.58 bits per heavy atom. The van der Waals surface area contributed by atoms with Crippen LogP contribution >= 0.6 is 22.6 Å². The molecule has 1 saturated carbocycles. The number of fused-ring (bicyclic) bond motifs is 1. The number of carbonyl (C=O) groups is 1. The maximum Gasteiger partial charge on any atom is 0.256 e. The second-order valence-corrected chi connectivity index (χ2v) is 11.6. The number of rotatable bonds is 7. The maximum atomic E-state index is 14.0. The third kappa shape index (κ3) is 5.37. The van der Waals surface area contributed by atoms with Gasteiger partial charge in [-0.25, -0.2) is 0 Å². The maximum absolute atomic E-state index is 14.0. The molecule has 3 heterocycles. The van der Waals surface area contributed by atoms with Crippen molar-refractivity contribution in [2.45, 2.75) is 55.2 Å². The highest BCUT2D eigenvalue weighted by atomic mass is 127. The summed E-state index contributed by atoms with van der Waals surface area (Å²) in [6, 6.07) is 10.1. The molecule has 0 N–H and O–H groups in total. The van der Waals surface area contributed by atoms with Crippen molar-refractivity contribution in [1.29, 1.82) is 0 Å². The van der Waals surface area contributed by atoms with E-state index >= 15 is 0 Å². The van der Waals surface area contributed by atoms with E-state index in [0.717, 1.165) is 75.8 Å². The van der Waals surface area contributed by atoms with E-state index in [0.29, 0.717) is 29.8 Å². The second-order valence-electron chi connectivity index (χ2n) is 10.9. The molecular weight excluding hydrogens is 567 g/mol. The molecule has 0 spiro atoms. The van der Waals surface area contributed by atoms with Crippen LogP contribution in [0, 0.1) is 5.92 Å². The van der Waals surface area contributed by atoms with E-state index in [9.17, 15) is 9.59 Å². The van der Waals surface area contributed by atoms with Crippen molar-refractivity contribution in [2.24, 2.45) is 5.92 Å². The SMILES string of the molecule is CN1CCN(C2(CN(Cc3cc4ccccc4n(CI)c3=O)C(=O)C3CCCCC3)CCOC2)CC1. The summed E-state index contributed by atoms with van der Waals surface area (Å²) in [5.41, 5.74) is 1.50. The molecule has 1 aromatic carbocycles. The average Bonchev–Trinajstić information content (AvgIpc) is 3.39. The average molecular weight is 607 g/mol. The number of nitrogens with zero attached hydrogens (tertiary/aromatic N) is 4. The summed E-state index contributed by atoms with van der Waals surface area (Å²) in [4.78, 5) is 34.6. The van der Waals surface area contributed by atoms with Crippen LogP contribution in [-0.2, 0) is 20.6 Å². The predicted molar refractivity (Wildman–Crippen MR) is 151 cm³/mol. The minimum atomic E-state index is -0.176. The summed E-state index contributed by atoms with van der Waals surface area (Å²) < 4.78 is 8.40. The normalized spacial score (nSPS) is 24.4. The van der Waals surface area contributed by atoms with Gasteiger partial charge < -0.3 is 14.5 Å². The van der Waals surface area contributed by atoms with Crippen LogP contribution in [0.3, 0.4) is 0 Å². The third-order valence-electron chi connectivity index (χ3n) is 8.57. The number of aromatic nitrogens is 1. The van der Waals surface area contributed by atoms with Crippen molar-refractivity contribution >= 4 is 39.4 Å². The largest absolute Gasteiger partial charge is 0.379 e. The van der Waals surface area contributed by atoms with Crippen LogP contribution < -0.4 is 5.56 Å². The Kier molecular flexibility index (Phi) is 8.34. The van der Waals surface area contributed by atoms with Gasteiger partial charge in [0.25, 0.3) is 5.56 Å². The molecule has 1 atom stereocenters. The van der Waals surface area contributed by atoms with Crippen LogP contribution in [0.15, 0.2) is 35.1 Å². The molecule has 2 aliphatic heterocycles. The van der Waals surface area contributed by atoms with Crippen molar-refractivity contribution in [3.05, 3.63) is 46.2 Å². The number of halogens is 1. The number of hydrogen-bond donors (Lipinski definition) is 0. The van der Waals surface area contributed by atoms with Crippen LogP contribution in [0.5, 0.6) is 0 Å². The van der Waals surface area contributed by atoms with E-state index in [2.05, 4.69) is 45.5 Å². The van der Waals surface area contributed by atoms with Gasteiger partial charge in [0.1, 0.15) is 0 Å². The van der Waals surface area contributed by atoms with Gasteiger partial charge in [-0.2, -0.15) is 0 Å². The van der Waals surface area contributed by atoms with E-state index in [1.807, 2.05) is 33.7 Å². The number of benzene rings is 1. The first-order valence-electron chi connectivity index (χ1n) is 13.5. The number of para-hydroxylation sites is 1. The predicted octanol–water partition coefficient (Wildman–Crippen LogP) is 3.71. The van der Waals surface area contributed by atoms with Crippen LogP contribution in [-0.4, -0.2) is 83.7 Å². The van der Waals surface area contributed by atoms with Crippen molar-refractivity contribution in [2.75, 3.05) is 53.0 Å². The van der Waals surface area contributed by atoms with E-state index in [-0.39, 0.29) is 22.9 Å². The Balaban J connectivity index is 1.49. The minimum Gasteiger partial charge on any atom is -0.379 e. The van der Waals surface area contributed by atoms with Crippen LogP contribution in [0.25, 0.3) is 10.9 Å². The van der Waals surface area contributed by atoms with E-state index < -0.39 is 0 Å². The van der Waals surface area contributed by atoms with Crippen LogP contribution in [0.2, 0.25) is 0 Å². The Morgan fingerprint density at radius 2 is 1.89 bits per heavy atom. The summed E-state index contributed by atoms with van der Waals surface area (Å²) in [5, 5.41) is 1.05. The fourth-order valence-electron chi connectivity index (χ4n) is 6.35. The molecule has 7 nitrogen and oxygen atoms in total. The number of carbonyl (C=O) groups excluding carboxylic acids is 1.